The summed E-state index contributed by atoms with van der Waals surface area (Å²) in [5.41, 5.74) is 6.29. The average molecular weight is 217 g/mol. The molecule has 1 aromatic rings. The van der Waals surface area contributed by atoms with E-state index in [9.17, 15) is 0 Å². The molecule has 1 rings (SSSR count). The molecule has 0 radical (unpaired) electrons. The van der Waals surface area contributed by atoms with E-state index in [4.69, 9.17) is 23.2 Å². The molecule has 0 unspecified atom stereocenters. The highest BCUT2D eigenvalue weighted by Crippen LogP contribution is 2.23. The number of benzene rings is 1. The molecular weight excluding hydrogens is 203 g/mol. The van der Waals surface area contributed by atoms with E-state index in [2.05, 4.69) is 26.8 Å². The Balaban J connectivity index is 3.36. The molecular formula is C11H14Cl2. The number of hydrogen-bond donors (Lipinski definition) is 0. The standard InChI is InChI=1S/C11H14Cl2/c1-7-8(2)10(5-12)4-11(6-13)9(7)3/h4H,5-6H2,1-3H3. The van der Waals surface area contributed by atoms with Crippen LogP contribution in [-0.4, -0.2) is 0 Å². The van der Waals surface area contributed by atoms with Crippen molar-refractivity contribution in [3.05, 3.63) is 33.9 Å². The molecule has 0 spiro atoms. The Morgan fingerprint density at radius 1 is 0.846 bits per heavy atom. The van der Waals surface area contributed by atoms with Crippen LogP contribution in [0.15, 0.2) is 6.07 Å². The Hall–Kier alpha value is -0.200. The zero-order valence-corrected chi connectivity index (χ0v) is 9.76. The van der Waals surface area contributed by atoms with Crippen molar-refractivity contribution in [3.8, 4) is 0 Å². The van der Waals surface area contributed by atoms with Gasteiger partial charge in [-0.2, -0.15) is 0 Å². The first-order chi connectivity index (χ1) is 6.11. The summed E-state index contributed by atoms with van der Waals surface area (Å²) >= 11 is 11.7. The first kappa shape index (κ1) is 10.9. The second-order valence-corrected chi connectivity index (χ2v) is 3.87. The lowest BCUT2D eigenvalue weighted by atomic mass is 9.95. The fraction of sp³-hybridized carbons (Fsp3) is 0.455. The predicted octanol–water partition coefficient (Wildman–Crippen LogP) is 4.09. The van der Waals surface area contributed by atoms with Gasteiger partial charge in [-0.25, -0.2) is 0 Å². The van der Waals surface area contributed by atoms with E-state index >= 15 is 0 Å². The molecule has 0 saturated heterocycles. The first-order valence-corrected chi connectivity index (χ1v) is 5.39. The zero-order valence-electron chi connectivity index (χ0n) is 8.25. The third-order valence-corrected chi connectivity index (χ3v) is 3.30. The second-order valence-electron chi connectivity index (χ2n) is 3.34. The monoisotopic (exact) mass is 216 g/mol. The van der Waals surface area contributed by atoms with Crippen LogP contribution in [0.3, 0.4) is 0 Å². The van der Waals surface area contributed by atoms with E-state index in [1.54, 1.807) is 0 Å². The van der Waals surface area contributed by atoms with E-state index < -0.39 is 0 Å². The highest BCUT2D eigenvalue weighted by atomic mass is 35.5. The average Bonchev–Trinajstić information content (AvgIpc) is 2.15. The second kappa shape index (κ2) is 4.34. The molecule has 0 aromatic heterocycles. The van der Waals surface area contributed by atoms with Crippen LogP contribution in [0.5, 0.6) is 0 Å². The van der Waals surface area contributed by atoms with Crippen molar-refractivity contribution in [1.29, 1.82) is 0 Å². The van der Waals surface area contributed by atoms with E-state index in [1.807, 2.05) is 0 Å². The molecule has 0 fully saturated rings. The minimum atomic E-state index is 0.566. The third kappa shape index (κ3) is 2.00. The summed E-state index contributed by atoms with van der Waals surface area (Å²) in [6.07, 6.45) is 0. The van der Waals surface area contributed by atoms with E-state index in [-0.39, 0.29) is 0 Å². The van der Waals surface area contributed by atoms with Gasteiger partial charge in [-0.1, -0.05) is 6.07 Å². The largest absolute Gasteiger partial charge is 0.122 e. The summed E-state index contributed by atoms with van der Waals surface area (Å²) < 4.78 is 0. The Bertz CT molecular complexity index is 288. The number of alkyl halides is 2. The lowest BCUT2D eigenvalue weighted by molar-refractivity contribution is 1.15. The van der Waals surface area contributed by atoms with E-state index in [0.717, 1.165) is 0 Å². The molecule has 0 atom stereocenters. The fourth-order valence-electron chi connectivity index (χ4n) is 1.47. The molecule has 2 heteroatoms. The van der Waals surface area contributed by atoms with Gasteiger partial charge in [0.05, 0.1) is 0 Å². The predicted molar refractivity (Wildman–Crippen MR) is 59.8 cm³/mol. The lowest BCUT2D eigenvalue weighted by Gasteiger charge is -2.13. The maximum atomic E-state index is 5.84. The number of rotatable bonds is 2. The van der Waals surface area contributed by atoms with Crippen LogP contribution in [0.2, 0.25) is 0 Å². The van der Waals surface area contributed by atoms with Gasteiger partial charge >= 0.3 is 0 Å². The maximum absolute atomic E-state index is 5.84. The van der Waals surface area contributed by atoms with Gasteiger partial charge < -0.3 is 0 Å². The zero-order chi connectivity index (χ0) is 10.0. The Morgan fingerprint density at radius 3 is 1.54 bits per heavy atom. The van der Waals surface area contributed by atoms with Gasteiger partial charge in [-0.3, -0.25) is 0 Å². The molecule has 0 nitrogen and oxygen atoms in total. The minimum absolute atomic E-state index is 0.566. The molecule has 0 aliphatic rings. The Morgan fingerprint density at radius 2 is 1.23 bits per heavy atom. The smallest absolute Gasteiger partial charge is 0.0476 e. The molecule has 0 aliphatic heterocycles. The molecule has 0 N–H and O–H groups in total. The van der Waals surface area contributed by atoms with Gasteiger partial charge in [0, 0.05) is 11.8 Å². The van der Waals surface area contributed by atoms with Crippen molar-refractivity contribution in [2.45, 2.75) is 32.5 Å². The summed E-state index contributed by atoms with van der Waals surface area (Å²) in [5, 5.41) is 0. The van der Waals surface area contributed by atoms with Crippen LogP contribution < -0.4 is 0 Å². The van der Waals surface area contributed by atoms with E-state index in [0.29, 0.717) is 11.8 Å². The number of hydrogen-bond acceptors (Lipinski definition) is 0. The van der Waals surface area contributed by atoms with Crippen molar-refractivity contribution in [1.82, 2.24) is 0 Å². The van der Waals surface area contributed by atoms with Crippen molar-refractivity contribution in [3.63, 3.8) is 0 Å². The van der Waals surface area contributed by atoms with Gasteiger partial charge in [-0.15, -0.1) is 23.2 Å². The normalized spacial score (nSPS) is 10.5. The van der Waals surface area contributed by atoms with E-state index in [1.165, 1.54) is 27.8 Å². The minimum Gasteiger partial charge on any atom is -0.122 e. The van der Waals surface area contributed by atoms with Gasteiger partial charge in [0.2, 0.25) is 0 Å². The maximum Gasteiger partial charge on any atom is 0.0476 e. The van der Waals surface area contributed by atoms with Crippen molar-refractivity contribution >= 4 is 23.2 Å². The summed E-state index contributed by atoms with van der Waals surface area (Å²) in [6.45, 7) is 6.34. The van der Waals surface area contributed by atoms with Gasteiger partial charge in [0.15, 0.2) is 0 Å². The van der Waals surface area contributed by atoms with Crippen LogP contribution >= 0.6 is 23.2 Å². The SMILES string of the molecule is Cc1c(CCl)cc(CCl)c(C)c1C. The van der Waals surface area contributed by atoms with Crippen LogP contribution in [0, 0.1) is 20.8 Å². The molecule has 13 heavy (non-hydrogen) atoms. The summed E-state index contributed by atoms with van der Waals surface area (Å²) in [7, 11) is 0. The van der Waals surface area contributed by atoms with Crippen LogP contribution in [-0.2, 0) is 11.8 Å². The highest BCUT2D eigenvalue weighted by molar-refractivity contribution is 6.18. The third-order valence-electron chi connectivity index (χ3n) is 2.72. The quantitative estimate of drug-likeness (QED) is 0.654. The topological polar surface area (TPSA) is 0 Å². The molecule has 0 amide bonds. The summed E-state index contributed by atoms with van der Waals surface area (Å²) in [6, 6.07) is 2.11. The van der Waals surface area contributed by atoms with Crippen LogP contribution in [0.4, 0.5) is 0 Å². The van der Waals surface area contributed by atoms with Crippen molar-refractivity contribution in [2.24, 2.45) is 0 Å². The highest BCUT2D eigenvalue weighted by Gasteiger charge is 2.07. The molecule has 0 bridgehead atoms. The lowest BCUT2D eigenvalue weighted by Crippen LogP contribution is -1.97. The van der Waals surface area contributed by atoms with Crippen molar-refractivity contribution in [2.75, 3.05) is 0 Å². The summed E-state index contributed by atoms with van der Waals surface area (Å²) in [4.78, 5) is 0. The Kier molecular flexibility index (Phi) is 3.63. The molecule has 1 aromatic carbocycles. The first-order valence-electron chi connectivity index (χ1n) is 4.32. The molecule has 0 saturated carbocycles. The van der Waals surface area contributed by atoms with Crippen LogP contribution in [0.1, 0.15) is 27.8 Å². The van der Waals surface area contributed by atoms with Gasteiger partial charge in [-0.05, 0) is 48.6 Å². The van der Waals surface area contributed by atoms with Crippen molar-refractivity contribution < 1.29 is 0 Å². The fourth-order valence-corrected chi connectivity index (χ4v) is 2.02. The van der Waals surface area contributed by atoms with Gasteiger partial charge in [0.25, 0.3) is 0 Å². The molecule has 0 aliphatic carbocycles. The molecule has 72 valence electrons. The van der Waals surface area contributed by atoms with Gasteiger partial charge in [0.1, 0.15) is 0 Å². The summed E-state index contributed by atoms with van der Waals surface area (Å²) in [5.74, 6) is 1.13. The number of halogens is 2. The molecule has 0 heterocycles. The van der Waals surface area contributed by atoms with Crippen LogP contribution in [0.25, 0.3) is 0 Å². The Labute approximate surface area is 89.9 Å².